The van der Waals surface area contributed by atoms with Crippen molar-refractivity contribution in [3.05, 3.63) is 83.3 Å². The van der Waals surface area contributed by atoms with Crippen LogP contribution in [-0.4, -0.2) is 63.8 Å². The molecule has 2 atom stereocenters. The molecule has 1 fully saturated rings. The third kappa shape index (κ3) is 7.24. The zero-order valence-corrected chi connectivity index (χ0v) is 25.7. The lowest BCUT2D eigenvalue weighted by Crippen LogP contribution is -2.59. The van der Waals surface area contributed by atoms with E-state index in [-0.39, 0.29) is 24.0 Å². The van der Waals surface area contributed by atoms with Crippen LogP contribution in [0.25, 0.3) is 5.57 Å². The van der Waals surface area contributed by atoms with Gasteiger partial charge in [0, 0.05) is 42.5 Å². The fourth-order valence-electron chi connectivity index (χ4n) is 5.38. The summed E-state index contributed by atoms with van der Waals surface area (Å²) >= 11 is 0. The Kier molecular flexibility index (Phi) is 9.81. The number of piperazine rings is 1. The summed E-state index contributed by atoms with van der Waals surface area (Å²) in [7, 11) is 1.63. The molecule has 0 bridgehead atoms. The number of nitrogens with zero attached hydrogens (tertiary/aromatic N) is 5. The minimum absolute atomic E-state index is 0.0585. The van der Waals surface area contributed by atoms with Crippen LogP contribution in [0.1, 0.15) is 70.3 Å². The number of hydrogen-bond acceptors (Lipinski definition) is 7. The van der Waals surface area contributed by atoms with E-state index in [2.05, 4.69) is 16.8 Å². The minimum atomic E-state index is -0.576. The minimum Gasteiger partial charge on any atom is -0.495 e. The number of pyridine rings is 1. The van der Waals surface area contributed by atoms with Crippen molar-refractivity contribution in [3.63, 3.8) is 0 Å². The van der Waals surface area contributed by atoms with Crippen LogP contribution >= 0.6 is 0 Å². The molecule has 1 saturated heterocycles. The standard InChI is InChI=1S/C33H42FN5O3/c1-8-26(27-13-9-10-14-28(27)34)30-29(15-11-12-24-16-25(41-7)18-35-17-24)36-21-37-31(30)38-19-23(3)39(20-22(38)2)32(40)42-33(4,5)6/h8-10,13-14,16-18,21-23H,11-12,15,19-20H2,1-7H3/b26-8-/t22-,23+/m0/s1. The van der Waals surface area contributed by atoms with E-state index < -0.39 is 5.60 Å². The number of carbonyl (C=O) groups is 1. The monoisotopic (exact) mass is 575 g/mol. The summed E-state index contributed by atoms with van der Waals surface area (Å²) in [5.41, 5.74) is 3.41. The van der Waals surface area contributed by atoms with E-state index >= 15 is 4.39 Å². The van der Waals surface area contributed by atoms with Crippen LogP contribution in [0.3, 0.4) is 0 Å². The van der Waals surface area contributed by atoms with Gasteiger partial charge < -0.3 is 19.3 Å². The SMILES string of the molecule is C/C=C(/c1ccccc1F)c1c(CCCc2cncc(OC)c2)ncnc1N1C[C@@H](C)N(C(=O)OC(C)(C)C)C[C@@H]1C. The van der Waals surface area contributed by atoms with Crippen molar-refractivity contribution < 1.29 is 18.7 Å². The maximum atomic E-state index is 15.2. The molecule has 4 rings (SSSR count). The fraction of sp³-hybridized carbons (Fsp3) is 0.455. The molecule has 42 heavy (non-hydrogen) atoms. The molecule has 0 N–H and O–H groups in total. The average Bonchev–Trinajstić information content (AvgIpc) is 2.95. The van der Waals surface area contributed by atoms with Gasteiger partial charge in [-0.05, 0) is 84.1 Å². The highest BCUT2D eigenvalue weighted by Crippen LogP contribution is 2.36. The molecule has 0 radical (unpaired) electrons. The van der Waals surface area contributed by atoms with Gasteiger partial charge in [0.1, 0.15) is 29.3 Å². The van der Waals surface area contributed by atoms with Crippen LogP contribution < -0.4 is 9.64 Å². The number of aryl methyl sites for hydroxylation is 2. The highest BCUT2D eigenvalue weighted by atomic mass is 19.1. The molecule has 8 nitrogen and oxygen atoms in total. The molecule has 1 aliphatic heterocycles. The highest BCUT2D eigenvalue weighted by Gasteiger charge is 2.36. The van der Waals surface area contributed by atoms with Gasteiger partial charge in [-0.15, -0.1) is 0 Å². The first-order valence-electron chi connectivity index (χ1n) is 14.5. The molecule has 1 aliphatic rings. The molecule has 9 heteroatoms. The van der Waals surface area contributed by atoms with E-state index in [4.69, 9.17) is 19.4 Å². The molecular formula is C33H42FN5O3. The van der Waals surface area contributed by atoms with Gasteiger partial charge in [-0.3, -0.25) is 4.98 Å². The van der Waals surface area contributed by atoms with E-state index in [9.17, 15) is 4.79 Å². The Labute approximate surface area is 248 Å². The van der Waals surface area contributed by atoms with Crippen LogP contribution in [0.2, 0.25) is 0 Å². The van der Waals surface area contributed by atoms with Crippen LogP contribution in [0.5, 0.6) is 5.75 Å². The van der Waals surface area contributed by atoms with Crippen molar-refractivity contribution in [1.82, 2.24) is 19.9 Å². The smallest absolute Gasteiger partial charge is 0.410 e. The summed E-state index contributed by atoms with van der Waals surface area (Å²) in [4.78, 5) is 30.8. The number of methoxy groups -OCH3 is 1. The Balaban J connectivity index is 1.69. The van der Waals surface area contributed by atoms with E-state index in [1.807, 2.05) is 59.0 Å². The number of carbonyl (C=O) groups excluding carboxylic acids is 1. The molecule has 1 aromatic carbocycles. The van der Waals surface area contributed by atoms with Crippen LogP contribution in [-0.2, 0) is 17.6 Å². The largest absolute Gasteiger partial charge is 0.495 e. The van der Waals surface area contributed by atoms with E-state index in [1.165, 1.54) is 6.07 Å². The van der Waals surface area contributed by atoms with Crippen molar-refractivity contribution in [1.29, 1.82) is 0 Å². The molecular weight excluding hydrogens is 533 g/mol. The number of ether oxygens (including phenoxy) is 2. The van der Waals surface area contributed by atoms with Crippen molar-refractivity contribution >= 4 is 17.5 Å². The molecule has 3 heterocycles. The Hall–Kier alpha value is -4.01. The van der Waals surface area contributed by atoms with Crippen LogP contribution in [0.4, 0.5) is 15.0 Å². The van der Waals surface area contributed by atoms with Crippen LogP contribution in [0.15, 0.2) is 55.1 Å². The lowest BCUT2D eigenvalue weighted by Gasteiger charge is -2.45. The van der Waals surface area contributed by atoms with Crippen LogP contribution in [0, 0.1) is 5.82 Å². The number of hydrogen-bond donors (Lipinski definition) is 0. The van der Waals surface area contributed by atoms with E-state index in [1.54, 1.807) is 36.7 Å². The van der Waals surface area contributed by atoms with Gasteiger partial charge in [-0.25, -0.2) is 19.2 Å². The van der Waals surface area contributed by atoms with Gasteiger partial charge in [0.25, 0.3) is 0 Å². The second-order valence-electron chi connectivity index (χ2n) is 11.8. The number of rotatable bonds is 8. The number of anilines is 1. The molecule has 1 amide bonds. The topological polar surface area (TPSA) is 80.7 Å². The lowest BCUT2D eigenvalue weighted by molar-refractivity contribution is 0.0129. The lowest BCUT2D eigenvalue weighted by atomic mass is 9.93. The second kappa shape index (κ2) is 13.3. The molecule has 0 spiro atoms. The van der Waals surface area contributed by atoms with E-state index in [0.717, 1.165) is 46.8 Å². The van der Waals surface area contributed by atoms with Gasteiger partial charge in [0.15, 0.2) is 0 Å². The summed E-state index contributed by atoms with van der Waals surface area (Å²) in [6.07, 6.45) is 9.00. The van der Waals surface area contributed by atoms with E-state index in [0.29, 0.717) is 25.1 Å². The van der Waals surface area contributed by atoms with Gasteiger partial charge >= 0.3 is 6.09 Å². The number of amides is 1. The highest BCUT2D eigenvalue weighted by molar-refractivity contribution is 5.86. The molecule has 2 aromatic heterocycles. The van der Waals surface area contributed by atoms with Crippen molar-refractivity contribution in [3.8, 4) is 5.75 Å². The van der Waals surface area contributed by atoms with Crippen molar-refractivity contribution in [2.24, 2.45) is 0 Å². The number of halogens is 1. The number of allylic oxidation sites excluding steroid dienone is 1. The number of aromatic nitrogens is 3. The first kappa shape index (κ1) is 30.9. The van der Waals surface area contributed by atoms with Gasteiger partial charge in [0.2, 0.25) is 0 Å². The van der Waals surface area contributed by atoms with Gasteiger partial charge in [-0.2, -0.15) is 0 Å². The average molecular weight is 576 g/mol. The Morgan fingerprint density at radius 1 is 1.10 bits per heavy atom. The third-order valence-corrected chi connectivity index (χ3v) is 7.40. The molecule has 224 valence electrons. The maximum absolute atomic E-state index is 15.2. The van der Waals surface area contributed by atoms with Gasteiger partial charge in [-0.1, -0.05) is 24.3 Å². The quantitative estimate of drug-likeness (QED) is 0.304. The summed E-state index contributed by atoms with van der Waals surface area (Å²) in [6, 6.07) is 8.61. The summed E-state index contributed by atoms with van der Waals surface area (Å²) < 4.78 is 26.2. The van der Waals surface area contributed by atoms with Gasteiger partial charge in [0.05, 0.1) is 19.0 Å². The summed E-state index contributed by atoms with van der Waals surface area (Å²) in [5.74, 6) is 1.16. The Bertz CT molecular complexity index is 1420. The zero-order valence-electron chi connectivity index (χ0n) is 25.7. The maximum Gasteiger partial charge on any atom is 0.410 e. The Morgan fingerprint density at radius 3 is 2.55 bits per heavy atom. The second-order valence-corrected chi connectivity index (χ2v) is 11.8. The molecule has 0 aliphatic carbocycles. The molecule has 0 saturated carbocycles. The Morgan fingerprint density at radius 2 is 1.86 bits per heavy atom. The van der Waals surface area contributed by atoms with Crippen molar-refractivity contribution in [2.45, 2.75) is 78.5 Å². The predicted octanol–water partition coefficient (Wildman–Crippen LogP) is 6.48. The van der Waals surface area contributed by atoms with Crippen molar-refractivity contribution in [2.75, 3.05) is 25.1 Å². The molecule has 0 unspecified atom stereocenters. The normalized spacial score (nSPS) is 17.8. The molecule has 3 aromatic rings. The fourth-order valence-corrected chi connectivity index (χ4v) is 5.38. The third-order valence-electron chi connectivity index (χ3n) is 7.40. The predicted molar refractivity (Wildman–Crippen MR) is 163 cm³/mol. The first-order valence-corrected chi connectivity index (χ1v) is 14.5. The summed E-state index contributed by atoms with van der Waals surface area (Å²) in [6.45, 7) is 12.6. The number of benzene rings is 1. The first-order chi connectivity index (χ1) is 20.0. The zero-order chi connectivity index (χ0) is 30.4. The summed E-state index contributed by atoms with van der Waals surface area (Å²) in [5, 5.41) is 0.